The van der Waals surface area contributed by atoms with Gasteiger partial charge in [-0.05, 0) is 28.1 Å². The third kappa shape index (κ3) is 4.99. The maximum atomic E-state index is 5.61. The number of nitrogens with one attached hydrogen (secondary N) is 1. The Morgan fingerprint density at radius 1 is 1.67 bits per heavy atom. The van der Waals surface area contributed by atoms with Crippen LogP contribution in [-0.4, -0.2) is 19.0 Å². The van der Waals surface area contributed by atoms with Gasteiger partial charge in [-0.3, -0.25) is 4.99 Å². The summed E-state index contributed by atoms with van der Waals surface area (Å²) in [6.07, 6.45) is 2.67. The van der Waals surface area contributed by atoms with Crippen LogP contribution in [0.3, 0.4) is 0 Å². The van der Waals surface area contributed by atoms with Crippen molar-refractivity contribution >= 4 is 33.2 Å². The van der Waals surface area contributed by atoms with Crippen LogP contribution in [0, 0.1) is 0 Å². The van der Waals surface area contributed by atoms with Crippen LogP contribution in [0.2, 0.25) is 0 Å². The summed E-state index contributed by atoms with van der Waals surface area (Å²) < 4.78 is 1.15. The van der Waals surface area contributed by atoms with Crippen LogP contribution in [0.25, 0.3) is 0 Å². The summed E-state index contributed by atoms with van der Waals surface area (Å²) in [5.41, 5.74) is 5.61. The normalized spacial score (nSPS) is 11.4. The van der Waals surface area contributed by atoms with Gasteiger partial charge in [0, 0.05) is 24.4 Å². The highest BCUT2D eigenvalue weighted by Gasteiger charge is 1.96. The highest BCUT2D eigenvalue weighted by Crippen LogP contribution is 2.22. The Kier molecular flexibility index (Phi) is 5.42. The van der Waals surface area contributed by atoms with Gasteiger partial charge < -0.3 is 11.1 Å². The van der Waals surface area contributed by atoms with Crippen LogP contribution < -0.4 is 11.1 Å². The molecule has 0 aromatic carbocycles. The second-order valence-electron chi connectivity index (χ2n) is 2.89. The first-order chi connectivity index (χ1) is 7.22. The molecule has 1 heterocycles. The first kappa shape index (κ1) is 12.3. The van der Waals surface area contributed by atoms with Crippen molar-refractivity contribution in [3.05, 3.63) is 33.5 Å². The maximum absolute atomic E-state index is 5.61. The maximum Gasteiger partial charge on any atom is 0.188 e. The molecule has 0 saturated carbocycles. The average Bonchev–Trinajstić information content (AvgIpc) is 2.61. The van der Waals surface area contributed by atoms with Gasteiger partial charge in [-0.15, -0.1) is 17.9 Å². The lowest BCUT2D eigenvalue weighted by Gasteiger charge is -2.01. The van der Waals surface area contributed by atoms with E-state index in [0.717, 1.165) is 10.2 Å². The number of hydrogen-bond acceptors (Lipinski definition) is 2. The molecular formula is C10H14BrN3S. The van der Waals surface area contributed by atoms with E-state index in [0.29, 0.717) is 19.0 Å². The second-order valence-corrected chi connectivity index (χ2v) is 5.44. The van der Waals surface area contributed by atoms with Crippen molar-refractivity contribution in [1.82, 2.24) is 5.32 Å². The van der Waals surface area contributed by atoms with Gasteiger partial charge in [0.05, 0.1) is 3.79 Å². The summed E-state index contributed by atoms with van der Waals surface area (Å²) in [6, 6.07) is 4.14. The Hall–Kier alpha value is -0.810. The molecular weight excluding hydrogens is 274 g/mol. The Balaban J connectivity index is 2.28. The number of thiophene rings is 1. The minimum Gasteiger partial charge on any atom is -0.370 e. The van der Waals surface area contributed by atoms with Crippen molar-refractivity contribution in [3.63, 3.8) is 0 Å². The largest absolute Gasteiger partial charge is 0.370 e. The van der Waals surface area contributed by atoms with Crippen LogP contribution in [0.15, 0.2) is 33.6 Å². The zero-order valence-corrected chi connectivity index (χ0v) is 10.8. The average molecular weight is 288 g/mol. The van der Waals surface area contributed by atoms with E-state index in [9.17, 15) is 0 Å². The molecule has 82 valence electrons. The highest BCUT2D eigenvalue weighted by atomic mass is 79.9. The third-order valence-electron chi connectivity index (χ3n) is 1.70. The van der Waals surface area contributed by atoms with Crippen LogP contribution in [0.1, 0.15) is 4.88 Å². The molecule has 5 heteroatoms. The molecule has 0 unspecified atom stereocenters. The Morgan fingerprint density at radius 2 is 2.47 bits per heavy atom. The van der Waals surface area contributed by atoms with E-state index in [-0.39, 0.29) is 0 Å². The fourth-order valence-corrected chi connectivity index (χ4v) is 2.48. The van der Waals surface area contributed by atoms with Gasteiger partial charge >= 0.3 is 0 Å². The van der Waals surface area contributed by atoms with E-state index < -0.39 is 0 Å². The molecule has 1 aromatic rings. The molecule has 0 aliphatic carbocycles. The van der Waals surface area contributed by atoms with Crippen molar-refractivity contribution in [1.29, 1.82) is 0 Å². The minimum atomic E-state index is 0.477. The predicted molar refractivity (Wildman–Crippen MR) is 70.4 cm³/mol. The zero-order valence-electron chi connectivity index (χ0n) is 8.37. The number of rotatable bonds is 5. The fourth-order valence-electron chi connectivity index (χ4n) is 1.01. The van der Waals surface area contributed by atoms with Gasteiger partial charge in [-0.1, -0.05) is 6.08 Å². The fraction of sp³-hybridized carbons (Fsp3) is 0.300. The molecule has 0 radical (unpaired) electrons. The van der Waals surface area contributed by atoms with E-state index in [1.165, 1.54) is 4.88 Å². The van der Waals surface area contributed by atoms with Crippen LogP contribution in [0.4, 0.5) is 0 Å². The molecule has 1 aromatic heterocycles. The van der Waals surface area contributed by atoms with Gasteiger partial charge in [0.25, 0.3) is 0 Å². The second kappa shape index (κ2) is 6.63. The number of guanidine groups is 1. The first-order valence-electron chi connectivity index (χ1n) is 4.61. The Bertz CT molecular complexity index is 346. The molecule has 3 nitrogen and oxygen atoms in total. The Morgan fingerprint density at radius 3 is 3.07 bits per heavy atom. The standard InChI is InChI=1S/C10H14BrN3S/c1-2-6-13-10(12)14-7-5-8-3-4-9(11)15-8/h2-4H,1,5-7H2,(H3,12,13,14). The molecule has 3 N–H and O–H groups in total. The summed E-state index contributed by atoms with van der Waals surface area (Å²) in [6.45, 7) is 4.95. The number of nitrogens with zero attached hydrogens (tertiary/aromatic N) is 1. The molecule has 0 amide bonds. The molecule has 0 aliphatic heterocycles. The van der Waals surface area contributed by atoms with Crippen LogP contribution in [0.5, 0.6) is 0 Å². The lowest BCUT2D eigenvalue weighted by atomic mass is 10.3. The highest BCUT2D eigenvalue weighted by molar-refractivity contribution is 9.11. The van der Waals surface area contributed by atoms with E-state index >= 15 is 0 Å². The van der Waals surface area contributed by atoms with Crippen LogP contribution >= 0.6 is 27.3 Å². The third-order valence-corrected chi connectivity index (χ3v) is 3.38. The first-order valence-corrected chi connectivity index (χ1v) is 6.22. The quantitative estimate of drug-likeness (QED) is 0.495. The zero-order chi connectivity index (χ0) is 11.1. The van der Waals surface area contributed by atoms with E-state index in [1.807, 2.05) is 6.07 Å². The molecule has 15 heavy (non-hydrogen) atoms. The SMILES string of the molecule is C=CCNC(N)=NCCc1ccc(Br)s1. The van der Waals surface area contributed by atoms with E-state index in [1.54, 1.807) is 17.4 Å². The summed E-state index contributed by atoms with van der Waals surface area (Å²) in [4.78, 5) is 5.50. The van der Waals surface area contributed by atoms with Gasteiger partial charge in [0.15, 0.2) is 5.96 Å². The minimum absolute atomic E-state index is 0.477. The molecule has 0 fully saturated rings. The van der Waals surface area contributed by atoms with Gasteiger partial charge in [-0.2, -0.15) is 0 Å². The van der Waals surface area contributed by atoms with Crippen LogP contribution in [-0.2, 0) is 6.42 Å². The lowest BCUT2D eigenvalue weighted by Crippen LogP contribution is -2.31. The molecule has 0 aliphatic rings. The Labute approximate surface area is 102 Å². The molecule has 0 saturated heterocycles. The number of halogens is 1. The van der Waals surface area contributed by atoms with Gasteiger partial charge in [0.1, 0.15) is 0 Å². The molecule has 0 spiro atoms. The monoisotopic (exact) mass is 287 g/mol. The van der Waals surface area contributed by atoms with Crippen molar-refractivity contribution in [2.24, 2.45) is 10.7 Å². The molecule has 0 bridgehead atoms. The summed E-state index contributed by atoms with van der Waals surface area (Å²) in [5.74, 6) is 0.477. The smallest absolute Gasteiger partial charge is 0.188 e. The summed E-state index contributed by atoms with van der Waals surface area (Å²) in [5, 5.41) is 2.93. The van der Waals surface area contributed by atoms with Crippen molar-refractivity contribution in [2.45, 2.75) is 6.42 Å². The van der Waals surface area contributed by atoms with Crippen molar-refractivity contribution in [2.75, 3.05) is 13.1 Å². The van der Waals surface area contributed by atoms with Crippen molar-refractivity contribution in [3.8, 4) is 0 Å². The number of nitrogens with two attached hydrogens (primary N) is 1. The topological polar surface area (TPSA) is 50.4 Å². The van der Waals surface area contributed by atoms with Gasteiger partial charge in [-0.25, -0.2) is 0 Å². The predicted octanol–water partition coefficient (Wildman–Crippen LogP) is 2.14. The summed E-state index contributed by atoms with van der Waals surface area (Å²) >= 11 is 5.15. The lowest BCUT2D eigenvalue weighted by molar-refractivity contribution is 0.940. The number of hydrogen-bond donors (Lipinski definition) is 2. The van der Waals surface area contributed by atoms with E-state index in [2.05, 4.69) is 38.9 Å². The summed E-state index contributed by atoms with van der Waals surface area (Å²) in [7, 11) is 0. The number of aliphatic imine (C=N–C) groups is 1. The van der Waals surface area contributed by atoms with E-state index in [4.69, 9.17) is 5.73 Å². The van der Waals surface area contributed by atoms with Gasteiger partial charge in [0.2, 0.25) is 0 Å². The molecule has 0 atom stereocenters. The molecule has 1 rings (SSSR count). The van der Waals surface area contributed by atoms with Crippen molar-refractivity contribution < 1.29 is 0 Å².